The summed E-state index contributed by atoms with van der Waals surface area (Å²) in [5.74, 6) is -0.341. The van der Waals surface area contributed by atoms with Gasteiger partial charge in [-0.15, -0.1) is 0 Å². The molecule has 3 nitrogen and oxygen atoms in total. The minimum atomic E-state index is -0.196. The van der Waals surface area contributed by atoms with E-state index in [0.29, 0.717) is 11.1 Å². The van der Waals surface area contributed by atoms with Crippen LogP contribution in [-0.4, -0.2) is 16.0 Å². The van der Waals surface area contributed by atoms with E-state index in [2.05, 4.69) is 0 Å². The Balaban J connectivity index is 3.53. The van der Waals surface area contributed by atoms with Crippen LogP contribution in [0, 0.1) is 13.8 Å². The van der Waals surface area contributed by atoms with Crippen molar-refractivity contribution in [2.45, 2.75) is 20.8 Å². The lowest BCUT2D eigenvalue weighted by Gasteiger charge is -2.09. The second kappa shape index (κ2) is 3.09. The number of ketones is 1. The Kier molecular flexibility index (Phi) is 2.28. The van der Waals surface area contributed by atoms with Crippen LogP contribution in [0.25, 0.3) is 0 Å². The molecule has 1 aromatic carbocycles. The molecular formula is C10H12O3. The number of hydrogen-bond acceptors (Lipinski definition) is 3. The number of aromatic hydroxyl groups is 2. The van der Waals surface area contributed by atoms with E-state index in [1.165, 1.54) is 13.0 Å². The van der Waals surface area contributed by atoms with Crippen LogP contribution in [0.2, 0.25) is 0 Å². The standard InChI is InChI=1S/C10H12O3/c1-5-6(2)10(7(3)11)9(13)4-8(5)12/h4,12-13H,1-3H3. The van der Waals surface area contributed by atoms with Gasteiger partial charge in [0.2, 0.25) is 0 Å². The second-order valence-corrected chi connectivity index (χ2v) is 3.10. The number of carbonyl (C=O) groups is 1. The molecule has 0 heterocycles. The third-order valence-electron chi connectivity index (χ3n) is 2.20. The van der Waals surface area contributed by atoms with Crippen LogP contribution in [0.15, 0.2) is 6.07 Å². The molecule has 0 aliphatic heterocycles. The molecule has 13 heavy (non-hydrogen) atoms. The van der Waals surface area contributed by atoms with Crippen molar-refractivity contribution < 1.29 is 15.0 Å². The molecule has 1 rings (SSSR count). The zero-order valence-corrected chi connectivity index (χ0v) is 7.88. The summed E-state index contributed by atoms with van der Waals surface area (Å²) >= 11 is 0. The van der Waals surface area contributed by atoms with Gasteiger partial charge in [-0.25, -0.2) is 0 Å². The third-order valence-corrected chi connectivity index (χ3v) is 2.20. The van der Waals surface area contributed by atoms with Crippen LogP contribution in [-0.2, 0) is 0 Å². The molecule has 2 N–H and O–H groups in total. The Labute approximate surface area is 76.6 Å². The van der Waals surface area contributed by atoms with Gasteiger partial charge in [0.25, 0.3) is 0 Å². The molecule has 0 bridgehead atoms. The number of carbonyl (C=O) groups excluding carboxylic acids is 1. The predicted molar refractivity (Wildman–Crippen MR) is 49.3 cm³/mol. The molecule has 0 aromatic heterocycles. The van der Waals surface area contributed by atoms with E-state index in [-0.39, 0.29) is 22.8 Å². The maximum Gasteiger partial charge on any atom is 0.163 e. The quantitative estimate of drug-likeness (QED) is 0.649. The first-order valence-corrected chi connectivity index (χ1v) is 3.98. The van der Waals surface area contributed by atoms with Crippen LogP contribution in [0.1, 0.15) is 28.4 Å². The van der Waals surface area contributed by atoms with Gasteiger partial charge in [0.15, 0.2) is 5.78 Å². The van der Waals surface area contributed by atoms with E-state index in [0.717, 1.165) is 0 Å². The first kappa shape index (κ1) is 9.58. The van der Waals surface area contributed by atoms with Crippen molar-refractivity contribution >= 4 is 5.78 Å². The van der Waals surface area contributed by atoms with Gasteiger partial charge in [0.05, 0.1) is 5.56 Å². The molecule has 70 valence electrons. The predicted octanol–water partition coefficient (Wildman–Crippen LogP) is 1.92. The van der Waals surface area contributed by atoms with Gasteiger partial charge < -0.3 is 10.2 Å². The van der Waals surface area contributed by atoms with Crippen molar-refractivity contribution in [1.29, 1.82) is 0 Å². The lowest BCUT2D eigenvalue weighted by Crippen LogP contribution is -1.99. The van der Waals surface area contributed by atoms with E-state index >= 15 is 0 Å². The molecule has 0 fully saturated rings. The summed E-state index contributed by atoms with van der Waals surface area (Å²) in [5.41, 5.74) is 1.54. The molecule has 0 atom stereocenters. The van der Waals surface area contributed by atoms with Gasteiger partial charge in [-0.3, -0.25) is 4.79 Å². The number of Topliss-reactive ketones (excluding diaryl/α,β-unsaturated/α-hetero) is 1. The number of rotatable bonds is 1. The minimum Gasteiger partial charge on any atom is -0.508 e. The normalized spacial score (nSPS) is 10.1. The fourth-order valence-electron chi connectivity index (χ4n) is 1.33. The number of phenols is 2. The molecule has 1 aromatic rings. The van der Waals surface area contributed by atoms with Crippen molar-refractivity contribution in [2.24, 2.45) is 0 Å². The summed E-state index contributed by atoms with van der Waals surface area (Å²) in [4.78, 5) is 11.1. The van der Waals surface area contributed by atoms with Crippen LogP contribution in [0.3, 0.4) is 0 Å². The highest BCUT2D eigenvalue weighted by molar-refractivity contribution is 5.98. The molecule has 3 heteroatoms. The maximum absolute atomic E-state index is 11.1. The largest absolute Gasteiger partial charge is 0.508 e. The molecule has 0 saturated heterocycles. The van der Waals surface area contributed by atoms with E-state index < -0.39 is 0 Å². The Hall–Kier alpha value is -1.51. The molecule has 0 radical (unpaired) electrons. The Morgan fingerprint density at radius 3 is 2.15 bits per heavy atom. The fourth-order valence-corrected chi connectivity index (χ4v) is 1.33. The van der Waals surface area contributed by atoms with Crippen LogP contribution in [0.4, 0.5) is 0 Å². The van der Waals surface area contributed by atoms with Gasteiger partial charge in [0.1, 0.15) is 11.5 Å². The summed E-state index contributed by atoms with van der Waals surface area (Å²) < 4.78 is 0. The number of benzene rings is 1. The first-order valence-electron chi connectivity index (χ1n) is 3.98. The van der Waals surface area contributed by atoms with E-state index in [9.17, 15) is 15.0 Å². The van der Waals surface area contributed by atoms with Gasteiger partial charge >= 0.3 is 0 Å². The number of phenolic OH excluding ortho intramolecular Hbond substituents is 2. The molecule has 0 aliphatic rings. The van der Waals surface area contributed by atoms with Crippen LogP contribution >= 0.6 is 0 Å². The van der Waals surface area contributed by atoms with Gasteiger partial charge in [-0.2, -0.15) is 0 Å². The van der Waals surface area contributed by atoms with Crippen molar-refractivity contribution in [2.75, 3.05) is 0 Å². The second-order valence-electron chi connectivity index (χ2n) is 3.10. The molecule has 0 aliphatic carbocycles. The summed E-state index contributed by atoms with van der Waals surface area (Å²) in [6.45, 7) is 4.79. The Morgan fingerprint density at radius 1 is 1.15 bits per heavy atom. The SMILES string of the molecule is CC(=O)c1c(O)cc(O)c(C)c1C. The Bertz CT molecular complexity index is 367. The highest BCUT2D eigenvalue weighted by atomic mass is 16.3. The average Bonchev–Trinajstić information content (AvgIpc) is 1.99. The van der Waals surface area contributed by atoms with Crippen LogP contribution < -0.4 is 0 Å². The third kappa shape index (κ3) is 1.49. The lowest BCUT2D eigenvalue weighted by atomic mass is 9.99. The zero-order valence-electron chi connectivity index (χ0n) is 7.88. The van der Waals surface area contributed by atoms with Crippen molar-refractivity contribution in [3.8, 4) is 11.5 Å². The summed E-state index contributed by atoms with van der Waals surface area (Å²) in [6.07, 6.45) is 0. The van der Waals surface area contributed by atoms with Crippen molar-refractivity contribution in [1.82, 2.24) is 0 Å². The number of hydrogen-bond donors (Lipinski definition) is 2. The topological polar surface area (TPSA) is 57.5 Å². The summed E-state index contributed by atoms with van der Waals surface area (Å²) in [6, 6.07) is 1.19. The fraction of sp³-hybridized carbons (Fsp3) is 0.300. The molecule has 0 spiro atoms. The van der Waals surface area contributed by atoms with Crippen molar-refractivity contribution in [3.63, 3.8) is 0 Å². The van der Waals surface area contributed by atoms with Crippen LogP contribution in [0.5, 0.6) is 11.5 Å². The summed E-state index contributed by atoms with van der Waals surface area (Å²) in [5, 5.41) is 18.7. The van der Waals surface area contributed by atoms with E-state index in [1.807, 2.05) is 0 Å². The molecule has 0 unspecified atom stereocenters. The van der Waals surface area contributed by atoms with E-state index in [1.54, 1.807) is 13.8 Å². The average molecular weight is 180 g/mol. The highest BCUT2D eigenvalue weighted by Gasteiger charge is 2.14. The molecule has 0 saturated carbocycles. The van der Waals surface area contributed by atoms with E-state index in [4.69, 9.17) is 0 Å². The van der Waals surface area contributed by atoms with Gasteiger partial charge in [-0.05, 0) is 31.9 Å². The molecule has 0 amide bonds. The minimum absolute atomic E-state index is 0.0139. The lowest BCUT2D eigenvalue weighted by molar-refractivity contribution is 0.101. The monoisotopic (exact) mass is 180 g/mol. The maximum atomic E-state index is 11.1. The first-order chi connectivity index (χ1) is 5.95. The zero-order chi connectivity index (χ0) is 10.2. The van der Waals surface area contributed by atoms with Gasteiger partial charge in [-0.1, -0.05) is 0 Å². The smallest absolute Gasteiger partial charge is 0.163 e. The summed E-state index contributed by atoms with van der Waals surface area (Å²) in [7, 11) is 0. The van der Waals surface area contributed by atoms with Gasteiger partial charge in [0, 0.05) is 6.07 Å². The highest BCUT2D eigenvalue weighted by Crippen LogP contribution is 2.31. The molecular weight excluding hydrogens is 168 g/mol. The van der Waals surface area contributed by atoms with Crippen molar-refractivity contribution in [3.05, 3.63) is 22.8 Å². The Morgan fingerprint density at radius 2 is 1.69 bits per heavy atom.